The molecule has 1 aliphatic carbocycles. The van der Waals surface area contributed by atoms with E-state index in [0.29, 0.717) is 0 Å². The molecule has 0 aromatic rings. The predicted octanol–water partition coefficient (Wildman–Crippen LogP) is 2.41. The molecular weight excluding hydrogens is 192 g/mol. The topological polar surface area (TPSA) is 9.23 Å². The van der Waals surface area contributed by atoms with E-state index >= 15 is 0 Å². The number of halogens is 1. The Morgan fingerprint density at radius 3 is 2.90 bits per heavy atom. The van der Waals surface area contributed by atoms with Crippen molar-refractivity contribution in [1.82, 2.24) is 0 Å². The quantitative estimate of drug-likeness (QED) is 0.592. The van der Waals surface area contributed by atoms with Crippen molar-refractivity contribution in [2.24, 2.45) is 0 Å². The Morgan fingerprint density at radius 1 is 1.70 bits per heavy atom. The molecule has 0 saturated heterocycles. The molecule has 0 heterocycles. The zero-order chi connectivity index (χ0) is 7.56. The van der Waals surface area contributed by atoms with E-state index in [9.17, 15) is 0 Å². The van der Waals surface area contributed by atoms with Gasteiger partial charge in [0.1, 0.15) is 5.76 Å². The maximum Gasteiger partial charge on any atom is 0.118 e. The van der Waals surface area contributed by atoms with Gasteiger partial charge in [-0.25, -0.2) is 0 Å². The first-order valence-electron chi connectivity index (χ1n) is 3.01. The summed E-state index contributed by atoms with van der Waals surface area (Å²) < 4.78 is 5.00. The second-order valence-corrected chi connectivity index (χ2v) is 3.07. The second kappa shape index (κ2) is 3.06. The molecule has 2 heteroatoms. The molecule has 0 aromatic heterocycles. The lowest BCUT2D eigenvalue weighted by Gasteiger charge is -2.11. The molecule has 1 nitrogen and oxygen atoms in total. The molecule has 1 aliphatic rings. The van der Waals surface area contributed by atoms with Gasteiger partial charge in [0.15, 0.2) is 0 Å². The van der Waals surface area contributed by atoms with Gasteiger partial charge in [0.2, 0.25) is 0 Å². The number of hydrogen-bond donors (Lipinski definition) is 0. The number of ether oxygens (including phenoxy) is 1. The van der Waals surface area contributed by atoms with E-state index in [4.69, 9.17) is 4.74 Å². The third-order valence-corrected chi connectivity index (χ3v) is 2.24. The second-order valence-electron chi connectivity index (χ2n) is 2.09. The highest BCUT2D eigenvalue weighted by molar-refractivity contribution is 9.09. The summed E-state index contributed by atoms with van der Waals surface area (Å²) in [7, 11) is 1.65. The zero-order valence-corrected chi connectivity index (χ0v) is 7.39. The van der Waals surface area contributed by atoms with Gasteiger partial charge in [-0.1, -0.05) is 28.6 Å². The number of hydrogen-bond acceptors (Lipinski definition) is 1. The molecule has 0 N–H and O–H groups in total. The smallest absolute Gasteiger partial charge is 0.118 e. The number of allylic oxidation sites excluding steroid dienone is 4. The molecule has 0 aromatic carbocycles. The molecule has 0 spiro atoms. The van der Waals surface area contributed by atoms with E-state index in [1.54, 1.807) is 7.11 Å². The minimum Gasteiger partial charge on any atom is -0.497 e. The summed E-state index contributed by atoms with van der Waals surface area (Å²) in [5.41, 5.74) is 1.03. The minimum atomic E-state index is 0.270. The Bertz CT molecular complexity index is 203. The molecule has 0 saturated carbocycles. The van der Waals surface area contributed by atoms with Crippen LogP contribution in [0.3, 0.4) is 0 Å². The first-order chi connectivity index (χ1) is 4.74. The standard InChI is InChI=1S/C8H9BrO/c1-6-5-7(10-2)3-4-8(6)9/h3-5,8H,1H2,2H3. The maximum atomic E-state index is 5.00. The van der Waals surface area contributed by atoms with Crippen LogP contribution in [0.1, 0.15) is 0 Å². The fourth-order valence-corrected chi connectivity index (χ4v) is 1.03. The lowest BCUT2D eigenvalue weighted by Crippen LogP contribution is -2.00. The van der Waals surface area contributed by atoms with Gasteiger partial charge in [0.05, 0.1) is 11.9 Å². The van der Waals surface area contributed by atoms with Crippen molar-refractivity contribution in [3.63, 3.8) is 0 Å². The average Bonchev–Trinajstić information content (AvgIpc) is 1.95. The van der Waals surface area contributed by atoms with Crippen molar-refractivity contribution in [1.29, 1.82) is 0 Å². The van der Waals surface area contributed by atoms with Crippen molar-refractivity contribution in [3.05, 3.63) is 36.1 Å². The van der Waals surface area contributed by atoms with Crippen molar-refractivity contribution in [2.45, 2.75) is 4.83 Å². The summed E-state index contributed by atoms with van der Waals surface area (Å²) in [4.78, 5) is 0.270. The van der Waals surface area contributed by atoms with E-state index < -0.39 is 0 Å². The summed E-state index contributed by atoms with van der Waals surface area (Å²) in [6.07, 6.45) is 5.84. The van der Waals surface area contributed by atoms with Crippen LogP contribution < -0.4 is 0 Å². The van der Waals surface area contributed by atoms with Crippen LogP contribution in [-0.2, 0) is 4.74 Å². The highest BCUT2D eigenvalue weighted by atomic mass is 79.9. The summed E-state index contributed by atoms with van der Waals surface area (Å²) in [5.74, 6) is 0.862. The molecule has 54 valence electrons. The molecule has 0 radical (unpaired) electrons. The largest absolute Gasteiger partial charge is 0.497 e. The lowest BCUT2D eigenvalue weighted by atomic mass is 10.1. The summed E-state index contributed by atoms with van der Waals surface area (Å²) >= 11 is 3.42. The SMILES string of the molecule is C=C1C=C(OC)C=CC1Br. The molecular formula is C8H9BrO. The van der Waals surface area contributed by atoms with Gasteiger partial charge in [-0.3, -0.25) is 0 Å². The first-order valence-corrected chi connectivity index (χ1v) is 3.92. The zero-order valence-electron chi connectivity index (χ0n) is 5.80. The van der Waals surface area contributed by atoms with E-state index in [-0.39, 0.29) is 4.83 Å². The predicted molar refractivity (Wildman–Crippen MR) is 46.1 cm³/mol. The normalized spacial score (nSPS) is 24.4. The molecule has 1 rings (SSSR count). The van der Waals surface area contributed by atoms with Gasteiger partial charge < -0.3 is 4.74 Å². The van der Waals surface area contributed by atoms with Gasteiger partial charge in [0.25, 0.3) is 0 Å². The molecule has 1 unspecified atom stereocenters. The van der Waals surface area contributed by atoms with E-state index in [1.165, 1.54) is 0 Å². The molecule has 0 amide bonds. The summed E-state index contributed by atoms with van der Waals surface area (Å²) in [6, 6.07) is 0. The van der Waals surface area contributed by atoms with Crippen LogP contribution in [0, 0.1) is 0 Å². The fraction of sp³-hybridized carbons (Fsp3) is 0.250. The Kier molecular flexibility index (Phi) is 2.33. The number of rotatable bonds is 1. The highest BCUT2D eigenvalue weighted by Gasteiger charge is 2.07. The van der Waals surface area contributed by atoms with Gasteiger partial charge in [-0.05, 0) is 17.7 Å². The summed E-state index contributed by atoms with van der Waals surface area (Å²) in [6.45, 7) is 3.84. The Labute approximate surface area is 69.2 Å². The van der Waals surface area contributed by atoms with Gasteiger partial charge >= 0.3 is 0 Å². The average molecular weight is 201 g/mol. The monoisotopic (exact) mass is 200 g/mol. The highest BCUT2D eigenvalue weighted by Crippen LogP contribution is 2.20. The van der Waals surface area contributed by atoms with E-state index in [1.807, 2.05) is 18.2 Å². The fourth-order valence-electron chi connectivity index (χ4n) is 0.740. The third kappa shape index (κ3) is 1.51. The van der Waals surface area contributed by atoms with Crippen LogP contribution in [0.15, 0.2) is 36.1 Å². The molecule has 0 fully saturated rings. The Hall–Kier alpha value is -0.500. The first kappa shape index (κ1) is 7.61. The van der Waals surface area contributed by atoms with Gasteiger partial charge in [0, 0.05) is 0 Å². The van der Waals surface area contributed by atoms with E-state index in [2.05, 4.69) is 22.5 Å². The molecule has 0 aliphatic heterocycles. The van der Waals surface area contributed by atoms with Crippen LogP contribution in [0.4, 0.5) is 0 Å². The van der Waals surface area contributed by atoms with Crippen LogP contribution >= 0.6 is 15.9 Å². The summed E-state index contributed by atoms with van der Waals surface area (Å²) in [5, 5.41) is 0. The third-order valence-electron chi connectivity index (χ3n) is 1.35. The number of alkyl halides is 1. The number of methoxy groups -OCH3 is 1. The maximum absolute atomic E-state index is 5.00. The van der Waals surface area contributed by atoms with Crippen molar-refractivity contribution in [2.75, 3.05) is 7.11 Å². The Balaban J connectivity index is 2.76. The van der Waals surface area contributed by atoms with Crippen LogP contribution in [0.2, 0.25) is 0 Å². The van der Waals surface area contributed by atoms with E-state index in [0.717, 1.165) is 11.3 Å². The molecule has 1 atom stereocenters. The van der Waals surface area contributed by atoms with Crippen LogP contribution in [0.25, 0.3) is 0 Å². The Morgan fingerprint density at radius 2 is 2.40 bits per heavy atom. The van der Waals surface area contributed by atoms with Crippen molar-refractivity contribution >= 4 is 15.9 Å². The van der Waals surface area contributed by atoms with Gasteiger partial charge in [-0.2, -0.15) is 0 Å². The van der Waals surface area contributed by atoms with Crippen molar-refractivity contribution in [3.8, 4) is 0 Å². The molecule has 10 heavy (non-hydrogen) atoms. The van der Waals surface area contributed by atoms with Crippen molar-refractivity contribution < 1.29 is 4.74 Å². The van der Waals surface area contributed by atoms with Gasteiger partial charge in [-0.15, -0.1) is 0 Å². The van der Waals surface area contributed by atoms with Crippen LogP contribution in [-0.4, -0.2) is 11.9 Å². The minimum absolute atomic E-state index is 0.270. The molecule has 0 bridgehead atoms. The van der Waals surface area contributed by atoms with Crippen LogP contribution in [0.5, 0.6) is 0 Å². The lowest BCUT2D eigenvalue weighted by molar-refractivity contribution is 0.305.